The van der Waals surface area contributed by atoms with Crippen LogP contribution in [0.3, 0.4) is 0 Å². The molecule has 0 aliphatic rings. The minimum Gasteiger partial charge on any atom is -0.289 e. The molecule has 1 N–H and O–H groups in total. The summed E-state index contributed by atoms with van der Waals surface area (Å²) in [6.07, 6.45) is 6.84. The number of amides is 1. The van der Waals surface area contributed by atoms with E-state index in [4.69, 9.17) is 11.6 Å². The van der Waals surface area contributed by atoms with Crippen molar-refractivity contribution in [2.75, 3.05) is 0 Å². The lowest BCUT2D eigenvalue weighted by atomic mass is 10.4. The highest BCUT2D eigenvalue weighted by Crippen LogP contribution is 2.22. The molecule has 7 nitrogen and oxygen atoms in total. The standard InChI is InChI=1S/C13H9ClN4O3S2/c14-12-10(18-6-7-22-13(18)16-12)3-4-11(19)17-23(20,21)9-2-1-5-15-8-9/h1-8H,(H,17,19)/b4-3+. The van der Waals surface area contributed by atoms with Crippen molar-refractivity contribution in [2.45, 2.75) is 4.90 Å². The van der Waals surface area contributed by atoms with Crippen molar-refractivity contribution in [1.82, 2.24) is 19.1 Å². The second-order valence-corrected chi connectivity index (χ2v) is 7.25. The van der Waals surface area contributed by atoms with Gasteiger partial charge in [-0.25, -0.2) is 18.1 Å². The van der Waals surface area contributed by atoms with Crippen molar-refractivity contribution in [1.29, 1.82) is 0 Å². The Balaban J connectivity index is 1.80. The Morgan fingerprint density at radius 2 is 2.26 bits per heavy atom. The Labute approximate surface area is 140 Å². The van der Waals surface area contributed by atoms with E-state index in [0.717, 1.165) is 12.3 Å². The predicted octanol–water partition coefficient (Wildman–Crippen LogP) is 1.96. The Hall–Kier alpha value is -2.23. The van der Waals surface area contributed by atoms with Crippen LogP contribution in [-0.4, -0.2) is 28.7 Å². The van der Waals surface area contributed by atoms with Gasteiger partial charge in [0.05, 0.1) is 5.69 Å². The van der Waals surface area contributed by atoms with Crippen LogP contribution in [0.15, 0.2) is 47.1 Å². The molecule has 0 spiro atoms. The highest BCUT2D eigenvalue weighted by molar-refractivity contribution is 7.90. The molecule has 0 radical (unpaired) electrons. The van der Waals surface area contributed by atoms with Crippen LogP contribution in [0.4, 0.5) is 0 Å². The van der Waals surface area contributed by atoms with Gasteiger partial charge in [0.15, 0.2) is 10.1 Å². The van der Waals surface area contributed by atoms with E-state index in [1.807, 2.05) is 10.1 Å². The van der Waals surface area contributed by atoms with Crippen molar-refractivity contribution in [3.8, 4) is 0 Å². The number of nitrogens with one attached hydrogen (secondary N) is 1. The van der Waals surface area contributed by atoms with Gasteiger partial charge in [-0.15, -0.1) is 11.3 Å². The summed E-state index contributed by atoms with van der Waals surface area (Å²) in [5.41, 5.74) is 0.497. The van der Waals surface area contributed by atoms with Crippen LogP contribution >= 0.6 is 22.9 Å². The van der Waals surface area contributed by atoms with Gasteiger partial charge in [0.1, 0.15) is 4.90 Å². The van der Waals surface area contributed by atoms with Crippen LogP contribution in [0, 0.1) is 0 Å². The molecular formula is C13H9ClN4O3S2. The molecule has 118 valence electrons. The third-order valence-corrected chi connectivity index (χ3v) is 5.19. The van der Waals surface area contributed by atoms with Crippen LogP contribution in [0.25, 0.3) is 11.0 Å². The van der Waals surface area contributed by atoms with E-state index in [0.29, 0.717) is 10.7 Å². The maximum Gasteiger partial charge on any atom is 0.265 e. The van der Waals surface area contributed by atoms with Crippen LogP contribution < -0.4 is 4.72 Å². The summed E-state index contributed by atoms with van der Waals surface area (Å²) in [7, 11) is -3.96. The van der Waals surface area contributed by atoms with Gasteiger partial charge in [0, 0.05) is 30.0 Å². The molecule has 3 rings (SSSR count). The van der Waals surface area contributed by atoms with Crippen molar-refractivity contribution in [3.05, 3.63) is 53.0 Å². The summed E-state index contributed by atoms with van der Waals surface area (Å²) >= 11 is 7.38. The van der Waals surface area contributed by atoms with E-state index in [9.17, 15) is 13.2 Å². The van der Waals surface area contributed by atoms with Crippen molar-refractivity contribution in [3.63, 3.8) is 0 Å². The molecule has 0 saturated heterocycles. The van der Waals surface area contributed by atoms with Crippen LogP contribution in [0.5, 0.6) is 0 Å². The molecular weight excluding hydrogens is 360 g/mol. The van der Waals surface area contributed by atoms with E-state index in [1.165, 1.54) is 35.7 Å². The lowest BCUT2D eigenvalue weighted by molar-refractivity contribution is -0.114. The molecule has 3 aromatic rings. The topological polar surface area (TPSA) is 93.4 Å². The molecule has 23 heavy (non-hydrogen) atoms. The van der Waals surface area contributed by atoms with E-state index in [-0.39, 0.29) is 10.0 Å². The lowest BCUT2D eigenvalue weighted by Gasteiger charge is -2.03. The first-order valence-corrected chi connectivity index (χ1v) is 8.97. The number of imidazole rings is 1. The quantitative estimate of drug-likeness (QED) is 0.710. The Morgan fingerprint density at radius 1 is 1.43 bits per heavy atom. The van der Waals surface area contributed by atoms with Gasteiger partial charge in [-0.3, -0.25) is 14.2 Å². The smallest absolute Gasteiger partial charge is 0.265 e. The number of fused-ring (bicyclic) bond motifs is 1. The number of sulfonamides is 1. The highest BCUT2D eigenvalue weighted by atomic mass is 35.5. The van der Waals surface area contributed by atoms with Gasteiger partial charge in [-0.2, -0.15) is 0 Å². The summed E-state index contributed by atoms with van der Waals surface area (Å²) in [4.78, 5) is 20.2. The Kier molecular flexibility index (Phi) is 4.16. The highest BCUT2D eigenvalue weighted by Gasteiger charge is 2.16. The zero-order valence-electron chi connectivity index (χ0n) is 11.4. The maximum atomic E-state index is 12.0. The van der Waals surface area contributed by atoms with Gasteiger partial charge in [-0.1, -0.05) is 11.6 Å². The van der Waals surface area contributed by atoms with Crippen molar-refractivity contribution < 1.29 is 13.2 Å². The molecule has 0 atom stereocenters. The molecule has 0 fully saturated rings. The van der Waals surface area contributed by atoms with E-state index < -0.39 is 15.9 Å². The molecule has 3 aromatic heterocycles. The SMILES string of the molecule is O=C(/C=C/c1c(Cl)nc2sccn12)NS(=O)(=O)c1cccnc1. The number of nitrogens with zero attached hydrogens (tertiary/aromatic N) is 3. The molecule has 0 saturated carbocycles. The molecule has 0 aliphatic carbocycles. The van der Waals surface area contributed by atoms with Gasteiger partial charge >= 0.3 is 0 Å². The molecule has 0 aliphatic heterocycles. The number of aromatic nitrogens is 3. The molecule has 3 heterocycles. The van der Waals surface area contributed by atoms with E-state index >= 15 is 0 Å². The monoisotopic (exact) mass is 368 g/mol. The zero-order valence-corrected chi connectivity index (χ0v) is 13.8. The largest absolute Gasteiger partial charge is 0.289 e. The summed E-state index contributed by atoms with van der Waals surface area (Å²) < 4.78 is 27.6. The first-order chi connectivity index (χ1) is 11.0. The van der Waals surface area contributed by atoms with Crippen LogP contribution in [-0.2, 0) is 14.8 Å². The second-order valence-electron chi connectivity index (χ2n) is 4.34. The van der Waals surface area contributed by atoms with Gasteiger partial charge < -0.3 is 0 Å². The Morgan fingerprint density at radius 3 is 3.00 bits per heavy atom. The first-order valence-electron chi connectivity index (χ1n) is 6.23. The fraction of sp³-hybridized carbons (Fsp3) is 0. The number of rotatable bonds is 4. The number of hydrogen-bond donors (Lipinski definition) is 1. The minimum atomic E-state index is -3.96. The van der Waals surface area contributed by atoms with Gasteiger partial charge in [0.25, 0.3) is 15.9 Å². The Bertz CT molecular complexity index is 993. The van der Waals surface area contributed by atoms with E-state index in [2.05, 4.69) is 9.97 Å². The number of pyridine rings is 1. The predicted molar refractivity (Wildman–Crippen MR) is 86.7 cm³/mol. The fourth-order valence-electron chi connectivity index (χ4n) is 1.81. The third kappa shape index (κ3) is 3.26. The molecule has 10 heteroatoms. The minimum absolute atomic E-state index is 0.0932. The lowest BCUT2D eigenvalue weighted by Crippen LogP contribution is -2.29. The summed E-state index contributed by atoms with van der Waals surface area (Å²) in [5.74, 6) is -0.796. The van der Waals surface area contributed by atoms with Gasteiger partial charge in [0.2, 0.25) is 0 Å². The van der Waals surface area contributed by atoms with Crippen LogP contribution in [0.2, 0.25) is 5.15 Å². The molecule has 0 aromatic carbocycles. The second kappa shape index (κ2) is 6.11. The summed E-state index contributed by atoms with van der Waals surface area (Å²) in [6.45, 7) is 0. The number of carbonyl (C=O) groups excluding carboxylic acids is 1. The molecule has 0 unspecified atom stereocenters. The first kappa shape index (κ1) is 15.7. The van der Waals surface area contributed by atoms with Crippen LogP contribution in [0.1, 0.15) is 5.69 Å². The number of carbonyl (C=O) groups is 1. The number of hydrogen-bond acceptors (Lipinski definition) is 6. The normalized spacial score (nSPS) is 12.0. The fourth-order valence-corrected chi connectivity index (χ4v) is 3.73. The zero-order chi connectivity index (χ0) is 16.4. The summed E-state index contributed by atoms with van der Waals surface area (Å²) in [5, 5.41) is 2.05. The van der Waals surface area contributed by atoms with Gasteiger partial charge in [-0.05, 0) is 18.2 Å². The summed E-state index contributed by atoms with van der Waals surface area (Å²) in [6, 6.07) is 2.81. The number of halogens is 1. The maximum absolute atomic E-state index is 12.0. The third-order valence-electron chi connectivity index (χ3n) is 2.83. The average molecular weight is 369 g/mol. The number of thiazole rings is 1. The van der Waals surface area contributed by atoms with E-state index in [1.54, 1.807) is 10.6 Å². The average Bonchev–Trinajstić information content (AvgIpc) is 3.06. The van der Waals surface area contributed by atoms with Crippen molar-refractivity contribution >= 4 is 49.9 Å². The van der Waals surface area contributed by atoms with Crippen molar-refractivity contribution in [2.24, 2.45) is 0 Å². The molecule has 0 bridgehead atoms. The molecule has 1 amide bonds.